The molecule has 0 aromatic carbocycles. The monoisotopic (exact) mass is 332 g/mol. The van der Waals surface area contributed by atoms with Gasteiger partial charge in [0.15, 0.2) is 0 Å². The average molecular weight is 333 g/mol. The molecule has 0 spiro atoms. The molecule has 4 heteroatoms. The Labute approximate surface area is 144 Å². The summed E-state index contributed by atoms with van der Waals surface area (Å²) in [6.07, 6.45) is 11.2. The first-order valence-electron chi connectivity index (χ1n) is 9.41. The van der Waals surface area contributed by atoms with Crippen molar-refractivity contribution in [2.24, 2.45) is 0 Å². The molecule has 0 fully saturated rings. The first-order valence-corrected chi connectivity index (χ1v) is 9.41. The Morgan fingerprint density at radius 3 is 1.65 bits per heavy atom. The van der Waals surface area contributed by atoms with Crippen LogP contribution in [0, 0.1) is 0 Å². The van der Waals surface area contributed by atoms with Crippen LogP contribution < -0.4 is 0 Å². The zero-order valence-electron chi connectivity index (χ0n) is 16.4. The second-order valence-electron chi connectivity index (χ2n) is 6.28. The van der Waals surface area contributed by atoms with E-state index in [1.807, 2.05) is 0 Å². The maximum atomic E-state index is 6.31. The van der Waals surface area contributed by atoms with Gasteiger partial charge in [0.05, 0.1) is 0 Å². The van der Waals surface area contributed by atoms with Crippen molar-refractivity contribution in [2.45, 2.75) is 96.6 Å². The van der Waals surface area contributed by atoms with Crippen LogP contribution >= 0.6 is 0 Å². The van der Waals surface area contributed by atoms with Gasteiger partial charge in [0.1, 0.15) is 5.60 Å². The molecule has 0 rings (SSSR count). The van der Waals surface area contributed by atoms with E-state index in [2.05, 4.69) is 20.8 Å². The summed E-state index contributed by atoms with van der Waals surface area (Å²) in [6.45, 7) is 7.22. The van der Waals surface area contributed by atoms with Crippen LogP contribution in [0.2, 0.25) is 0 Å². The van der Waals surface area contributed by atoms with Gasteiger partial charge in [0.2, 0.25) is 0 Å². The highest BCUT2D eigenvalue weighted by atomic mass is 16.9. The molecule has 0 bridgehead atoms. The van der Waals surface area contributed by atoms with Gasteiger partial charge in [-0.2, -0.15) is 0 Å². The van der Waals surface area contributed by atoms with Crippen molar-refractivity contribution in [3.8, 4) is 0 Å². The normalized spacial score (nSPS) is 14.9. The molecule has 23 heavy (non-hydrogen) atoms. The first-order chi connectivity index (χ1) is 11.1. The van der Waals surface area contributed by atoms with Gasteiger partial charge in [0.25, 0.3) is 0 Å². The Morgan fingerprint density at radius 1 is 0.609 bits per heavy atom. The van der Waals surface area contributed by atoms with Crippen molar-refractivity contribution < 1.29 is 18.9 Å². The molecule has 0 aliphatic rings. The fraction of sp³-hybridized carbons (Fsp3) is 1.00. The Hall–Kier alpha value is -0.160. The minimum atomic E-state index is -1.14. The maximum Gasteiger partial charge on any atom is 0.313 e. The smallest absolute Gasteiger partial charge is 0.313 e. The van der Waals surface area contributed by atoms with Crippen LogP contribution in [0.15, 0.2) is 0 Å². The molecular formula is C19H40O4. The molecule has 0 aromatic heterocycles. The molecular weight excluding hydrogens is 292 g/mol. The van der Waals surface area contributed by atoms with Crippen molar-refractivity contribution >= 4 is 0 Å². The summed E-state index contributed by atoms with van der Waals surface area (Å²) in [5.41, 5.74) is -0.555. The Morgan fingerprint density at radius 2 is 1.17 bits per heavy atom. The standard InChI is InChI=1S/C19H40O4/c1-7-10-11-12-13-14-16-18(15-8-2,23-17-9-3)19(20-4,21-5)22-6/h7-17H2,1-6H3. The number of ether oxygens (including phenoxy) is 4. The SMILES string of the molecule is CCCCCCCCC(CCC)(OCCC)C(OC)(OC)OC. The summed E-state index contributed by atoms with van der Waals surface area (Å²) >= 11 is 0. The van der Waals surface area contributed by atoms with Crippen molar-refractivity contribution in [2.75, 3.05) is 27.9 Å². The van der Waals surface area contributed by atoms with Crippen molar-refractivity contribution in [3.63, 3.8) is 0 Å². The zero-order valence-corrected chi connectivity index (χ0v) is 16.4. The van der Waals surface area contributed by atoms with Gasteiger partial charge in [-0.15, -0.1) is 0 Å². The van der Waals surface area contributed by atoms with E-state index in [4.69, 9.17) is 18.9 Å². The highest BCUT2D eigenvalue weighted by Gasteiger charge is 2.54. The maximum absolute atomic E-state index is 6.31. The number of unbranched alkanes of at least 4 members (excludes halogenated alkanes) is 5. The number of rotatable bonds is 16. The summed E-state index contributed by atoms with van der Waals surface area (Å²) in [5.74, 6) is -1.14. The average Bonchev–Trinajstić information content (AvgIpc) is 2.58. The topological polar surface area (TPSA) is 36.9 Å². The highest BCUT2D eigenvalue weighted by molar-refractivity contribution is 4.91. The lowest BCUT2D eigenvalue weighted by Crippen LogP contribution is -2.59. The van der Waals surface area contributed by atoms with Crippen LogP contribution in [0.3, 0.4) is 0 Å². The molecule has 0 saturated carbocycles. The molecule has 0 heterocycles. The van der Waals surface area contributed by atoms with Gasteiger partial charge >= 0.3 is 5.97 Å². The highest BCUT2D eigenvalue weighted by Crippen LogP contribution is 2.40. The third kappa shape index (κ3) is 6.69. The van der Waals surface area contributed by atoms with Crippen LogP contribution in [-0.2, 0) is 18.9 Å². The summed E-state index contributed by atoms with van der Waals surface area (Å²) in [6, 6.07) is 0. The third-order valence-corrected chi connectivity index (χ3v) is 4.53. The van der Waals surface area contributed by atoms with E-state index in [1.165, 1.54) is 32.1 Å². The fourth-order valence-electron chi connectivity index (χ4n) is 3.36. The van der Waals surface area contributed by atoms with Gasteiger partial charge in [0, 0.05) is 27.9 Å². The number of methoxy groups -OCH3 is 3. The summed E-state index contributed by atoms with van der Waals surface area (Å²) in [5, 5.41) is 0. The molecule has 0 radical (unpaired) electrons. The fourth-order valence-corrected chi connectivity index (χ4v) is 3.36. The van der Waals surface area contributed by atoms with E-state index in [9.17, 15) is 0 Å². The summed E-state index contributed by atoms with van der Waals surface area (Å²) in [7, 11) is 4.90. The molecule has 0 aliphatic carbocycles. The van der Waals surface area contributed by atoms with Gasteiger partial charge in [-0.25, -0.2) is 0 Å². The van der Waals surface area contributed by atoms with Gasteiger partial charge < -0.3 is 18.9 Å². The van der Waals surface area contributed by atoms with E-state index in [0.29, 0.717) is 6.61 Å². The molecule has 0 saturated heterocycles. The van der Waals surface area contributed by atoms with E-state index in [-0.39, 0.29) is 0 Å². The van der Waals surface area contributed by atoms with Crippen LogP contribution in [0.4, 0.5) is 0 Å². The van der Waals surface area contributed by atoms with Crippen molar-refractivity contribution in [3.05, 3.63) is 0 Å². The van der Waals surface area contributed by atoms with Gasteiger partial charge in [-0.1, -0.05) is 65.7 Å². The summed E-state index contributed by atoms with van der Waals surface area (Å²) in [4.78, 5) is 0. The Bertz CT molecular complexity index is 258. The Kier molecular flexibility index (Phi) is 13.1. The van der Waals surface area contributed by atoms with Crippen LogP contribution in [0.25, 0.3) is 0 Å². The van der Waals surface area contributed by atoms with Crippen molar-refractivity contribution in [1.82, 2.24) is 0 Å². The lowest BCUT2D eigenvalue weighted by atomic mass is 9.87. The molecule has 1 atom stereocenters. The Balaban J connectivity index is 5.00. The minimum Gasteiger partial charge on any atom is -0.367 e. The molecule has 0 amide bonds. The zero-order chi connectivity index (χ0) is 17.6. The molecule has 1 unspecified atom stereocenters. The molecule has 4 nitrogen and oxygen atoms in total. The predicted octanol–water partition coefficient (Wildman–Crippen LogP) is 5.30. The predicted molar refractivity (Wildman–Crippen MR) is 95.6 cm³/mol. The van der Waals surface area contributed by atoms with E-state index in [1.54, 1.807) is 21.3 Å². The second-order valence-corrected chi connectivity index (χ2v) is 6.28. The lowest BCUT2D eigenvalue weighted by Gasteiger charge is -2.46. The van der Waals surface area contributed by atoms with E-state index >= 15 is 0 Å². The molecule has 0 aliphatic heterocycles. The lowest BCUT2D eigenvalue weighted by molar-refractivity contribution is -0.429. The van der Waals surface area contributed by atoms with Crippen molar-refractivity contribution in [1.29, 1.82) is 0 Å². The summed E-state index contributed by atoms with van der Waals surface area (Å²) < 4.78 is 23.3. The van der Waals surface area contributed by atoms with E-state index in [0.717, 1.165) is 32.1 Å². The first kappa shape index (κ1) is 22.8. The van der Waals surface area contributed by atoms with Crippen LogP contribution in [0.1, 0.15) is 85.0 Å². The molecule has 0 N–H and O–H groups in total. The largest absolute Gasteiger partial charge is 0.367 e. The minimum absolute atomic E-state index is 0.555. The number of hydrogen-bond acceptors (Lipinski definition) is 4. The third-order valence-electron chi connectivity index (χ3n) is 4.53. The quantitative estimate of drug-likeness (QED) is 0.284. The number of hydrogen-bond donors (Lipinski definition) is 0. The van der Waals surface area contributed by atoms with Gasteiger partial charge in [-0.3, -0.25) is 0 Å². The van der Waals surface area contributed by atoms with Crippen LogP contribution in [0.5, 0.6) is 0 Å². The molecule has 0 aromatic rings. The second kappa shape index (κ2) is 13.2. The van der Waals surface area contributed by atoms with Gasteiger partial charge in [-0.05, 0) is 19.3 Å². The van der Waals surface area contributed by atoms with Crippen LogP contribution in [-0.4, -0.2) is 39.5 Å². The van der Waals surface area contributed by atoms with E-state index < -0.39 is 11.6 Å². The molecule has 140 valence electrons.